The van der Waals surface area contributed by atoms with E-state index in [4.69, 9.17) is 17.3 Å². The molecule has 1 aromatic carbocycles. The lowest BCUT2D eigenvalue weighted by Crippen LogP contribution is -2.10. The van der Waals surface area contributed by atoms with Crippen LogP contribution in [0.2, 0.25) is 5.02 Å². The molecule has 3 heterocycles. The number of rotatable bonds is 9. The van der Waals surface area contributed by atoms with E-state index in [1.807, 2.05) is 41.1 Å². The van der Waals surface area contributed by atoms with Crippen molar-refractivity contribution in [1.82, 2.24) is 19.5 Å². The van der Waals surface area contributed by atoms with Crippen LogP contribution in [0.1, 0.15) is 16.1 Å². The Morgan fingerprint density at radius 1 is 1.13 bits per heavy atom. The van der Waals surface area contributed by atoms with Crippen molar-refractivity contribution in [2.45, 2.75) is 13.0 Å². The van der Waals surface area contributed by atoms with Crippen LogP contribution in [0.5, 0.6) is 0 Å². The fourth-order valence-corrected chi connectivity index (χ4v) is 4.05. The zero-order valence-corrected chi connectivity index (χ0v) is 18.0. The molecule has 4 rings (SSSR count). The summed E-state index contributed by atoms with van der Waals surface area (Å²) in [5.74, 6) is 0.797. The van der Waals surface area contributed by atoms with E-state index in [9.17, 15) is 4.79 Å². The lowest BCUT2D eigenvalue weighted by Gasteiger charge is -2.08. The van der Waals surface area contributed by atoms with E-state index in [-0.39, 0.29) is 0 Å². The lowest BCUT2D eigenvalue weighted by atomic mass is 10.1. The topological polar surface area (TPSA) is 111 Å². The summed E-state index contributed by atoms with van der Waals surface area (Å²) in [4.78, 5) is 25.4. The van der Waals surface area contributed by atoms with E-state index in [1.54, 1.807) is 24.7 Å². The smallest absolute Gasteiger partial charge is 0.261 e. The number of hydrogen-bond acceptors (Lipinski definition) is 7. The zero-order chi connectivity index (χ0) is 21.6. The number of benzene rings is 1. The largest absolute Gasteiger partial charge is 0.370 e. The molecule has 8 nitrogen and oxygen atoms in total. The molecule has 158 valence electrons. The van der Waals surface area contributed by atoms with Gasteiger partial charge in [-0.3, -0.25) is 4.79 Å². The molecular formula is C21H20ClN7OS. The number of primary amides is 1. The van der Waals surface area contributed by atoms with E-state index in [0.29, 0.717) is 32.1 Å². The van der Waals surface area contributed by atoms with Gasteiger partial charge in [-0.2, -0.15) is 0 Å². The molecule has 0 unspecified atom stereocenters. The van der Waals surface area contributed by atoms with Crippen LogP contribution in [0.15, 0.2) is 61.2 Å². The summed E-state index contributed by atoms with van der Waals surface area (Å²) in [5.41, 5.74) is 6.68. The second-order valence-electron chi connectivity index (χ2n) is 6.65. The number of aryl methyl sites for hydroxylation is 1. The number of thiazole rings is 1. The molecule has 4 N–H and O–H groups in total. The first-order valence-corrected chi connectivity index (χ1v) is 10.8. The highest BCUT2D eigenvalue weighted by Gasteiger charge is 2.19. The summed E-state index contributed by atoms with van der Waals surface area (Å²) in [7, 11) is 0. The van der Waals surface area contributed by atoms with Crippen LogP contribution in [0.3, 0.4) is 0 Å². The lowest BCUT2D eigenvalue weighted by molar-refractivity contribution is 0.100. The number of aromatic nitrogens is 4. The Hall–Kier alpha value is -3.43. The number of amides is 1. The number of nitrogens with one attached hydrogen (secondary N) is 2. The summed E-state index contributed by atoms with van der Waals surface area (Å²) >= 11 is 7.45. The number of anilines is 3. The normalized spacial score (nSPS) is 10.7. The van der Waals surface area contributed by atoms with E-state index >= 15 is 0 Å². The van der Waals surface area contributed by atoms with Crippen LogP contribution in [0.25, 0.3) is 11.3 Å². The molecule has 0 spiro atoms. The standard InChI is InChI=1S/C21H20ClN7OS/c22-15-6-2-1-5-14(15)18-19(20(23)30)31-21(28-18)27-17-8-3-7-16(26-17)25-9-4-11-29-12-10-24-13-29/h1-3,5-8,10,12-13H,4,9,11H2,(H2,23,30)(H2,25,26,27,28). The van der Waals surface area contributed by atoms with Crippen molar-refractivity contribution >= 4 is 45.6 Å². The van der Waals surface area contributed by atoms with Crippen molar-refractivity contribution in [3.8, 4) is 11.3 Å². The van der Waals surface area contributed by atoms with E-state index in [1.165, 1.54) is 11.3 Å². The van der Waals surface area contributed by atoms with Gasteiger partial charge >= 0.3 is 0 Å². The molecule has 0 aliphatic carbocycles. The minimum Gasteiger partial charge on any atom is -0.370 e. The molecule has 3 aromatic heterocycles. The molecule has 0 saturated carbocycles. The summed E-state index contributed by atoms with van der Waals surface area (Å²) < 4.78 is 2.03. The maximum atomic E-state index is 11.9. The van der Waals surface area contributed by atoms with Gasteiger partial charge < -0.3 is 20.9 Å². The number of halogens is 1. The van der Waals surface area contributed by atoms with Crippen molar-refractivity contribution in [2.24, 2.45) is 5.73 Å². The molecular weight excluding hydrogens is 434 g/mol. The average molecular weight is 454 g/mol. The number of carbonyl (C=O) groups is 1. The fourth-order valence-electron chi connectivity index (χ4n) is 2.99. The van der Waals surface area contributed by atoms with Crippen LogP contribution in [-0.2, 0) is 6.54 Å². The van der Waals surface area contributed by atoms with Gasteiger partial charge in [0.1, 0.15) is 16.5 Å². The summed E-state index contributed by atoms with van der Waals surface area (Å²) in [6.07, 6.45) is 6.44. The van der Waals surface area contributed by atoms with E-state index in [2.05, 4.69) is 25.6 Å². The minimum absolute atomic E-state index is 0.337. The predicted molar refractivity (Wildman–Crippen MR) is 124 cm³/mol. The Morgan fingerprint density at radius 3 is 2.74 bits per heavy atom. The van der Waals surface area contributed by atoms with Gasteiger partial charge in [0.05, 0.1) is 17.0 Å². The average Bonchev–Trinajstić information content (AvgIpc) is 3.42. The van der Waals surface area contributed by atoms with Crippen molar-refractivity contribution in [3.05, 3.63) is 71.1 Å². The Labute approximate surface area is 188 Å². The minimum atomic E-state index is -0.554. The molecule has 31 heavy (non-hydrogen) atoms. The summed E-state index contributed by atoms with van der Waals surface area (Å²) in [5, 5.41) is 7.47. The maximum absolute atomic E-state index is 11.9. The molecule has 0 radical (unpaired) electrons. The first-order valence-electron chi connectivity index (χ1n) is 9.59. The van der Waals surface area contributed by atoms with Gasteiger partial charge in [-0.1, -0.05) is 47.2 Å². The first kappa shape index (κ1) is 20.8. The number of imidazole rings is 1. The molecule has 0 fully saturated rings. The first-order chi connectivity index (χ1) is 15.1. The second-order valence-corrected chi connectivity index (χ2v) is 8.06. The second kappa shape index (κ2) is 9.59. The SMILES string of the molecule is NC(=O)c1sc(Nc2cccc(NCCCn3ccnc3)n2)nc1-c1ccccc1Cl. The Balaban J connectivity index is 1.45. The van der Waals surface area contributed by atoms with Crippen LogP contribution in [0, 0.1) is 0 Å². The van der Waals surface area contributed by atoms with Gasteiger partial charge in [0.25, 0.3) is 5.91 Å². The number of nitrogens with zero attached hydrogens (tertiary/aromatic N) is 4. The number of carbonyl (C=O) groups excluding carboxylic acids is 1. The van der Waals surface area contributed by atoms with Crippen LogP contribution in [-0.4, -0.2) is 32.0 Å². The van der Waals surface area contributed by atoms with Crippen LogP contribution >= 0.6 is 22.9 Å². The Kier molecular flexibility index (Phi) is 6.44. The molecule has 0 aliphatic rings. The third-order valence-electron chi connectivity index (χ3n) is 4.42. The van der Waals surface area contributed by atoms with Gasteiger partial charge in [-0.25, -0.2) is 15.0 Å². The van der Waals surface area contributed by atoms with Gasteiger partial charge in [0.15, 0.2) is 5.13 Å². The molecule has 0 saturated heterocycles. The highest BCUT2D eigenvalue weighted by molar-refractivity contribution is 7.18. The van der Waals surface area contributed by atoms with Gasteiger partial charge in [0, 0.05) is 31.0 Å². The quantitative estimate of drug-likeness (QED) is 0.324. The number of nitrogens with two attached hydrogens (primary N) is 1. The zero-order valence-electron chi connectivity index (χ0n) is 16.5. The highest BCUT2D eigenvalue weighted by Crippen LogP contribution is 2.35. The predicted octanol–water partition coefficient (Wildman–Crippen LogP) is 4.40. The molecule has 1 amide bonds. The highest BCUT2D eigenvalue weighted by atomic mass is 35.5. The number of pyridine rings is 1. The molecule has 4 aromatic rings. The Bertz CT molecular complexity index is 1180. The summed E-state index contributed by atoms with van der Waals surface area (Å²) in [6.45, 7) is 1.65. The number of hydrogen-bond donors (Lipinski definition) is 3. The van der Waals surface area contributed by atoms with Gasteiger partial charge in [-0.05, 0) is 24.6 Å². The molecule has 0 atom stereocenters. The molecule has 10 heteroatoms. The maximum Gasteiger partial charge on any atom is 0.261 e. The van der Waals surface area contributed by atoms with Crippen molar-refractivity contribution in [1.29, 1.82) is 0 Å². The Morgan fingerprint density at radius 2 is 1.97 bits per heavy atom. The third kappa shape index (κ3) is 5.19. The molecule has 0 aliphatic heterocycles. The van der Waals surface area contributed by atoms with Crippen molar-refractivity contribution in [2.75, 3.05) is 17.2 Å². The van der Waals surface area contributed by atoms with E-state index < -0.39 is 5.91 Å². The fraction of sp³-hybridized carbons (Fsp3) is 0.143. The van der Waals surface area contributed by atoms with Gasteiger partial charge in [-0.15, -0.1) is 0 Å². The third-order valence-corrected chi connectivity index (χ3v) is 5.74. The van der Waals surface area contributed by atoms with Crippen LogP contribution in [0.4, 0.5) is 16.8 Å². The monoisotopic (exact) mass is 453 g/mol. The van der Waals surface area contributed by atoms with Crippen LogP contribution < -0.4 is 16.4 Å². The van der Waals surface area contributed by atoms with Crippen molar-refractivity contribution < 1.29 is 4.79 Å². The molecule has 0 bridgehead atoms. The van der Waals surface area contributed by atoms with Crippen molar-refractivity contribution in [3.63, 3.8) is 0 Å². The van der Waals surface area contributed by atoms with Gasteiger partial charge in [0.2, 0.25) is 0 Å². The summed E-state index contributed by atoms with van der Waals surface area (Å²) in [6, 6.07) is 12.8. The van der Waals surface area contributed by atoms with E-state index in [0.717, 1.165) is 25.3 Å².